The van der Waals surface area contributed by atoms with Crippen LogP contribution in [-0.4, -0.2) is 23.1 Å². The summed E-state index contributed by atoms with van der Waals surface area (Å²) in [5.41, 5.74) is 1.37. The number of nitrogens with zero attached hydrogens (tertiary/aromatic N) is 2. The summed E-state index contributed by atoms with van der Waals surface area (Å²) in [6, 6.07) is 4.66. The fraction of sp³-hybridized carbons (Fsp3) is 0.318. The Hall–Kier alpha value is -3.20. The van der Waals surface area contributed by atoms with Crippen molar-refractivity contribution in [2.45, 2.75) is 33.0 Å². The monoisotopic (exact) mass is 430 g/mol. The summed E-state index contributed by atoms with van der Waals surface area (Å²) in [6.45, 7) is 6.41. The van der Waals surface area contributed by atoms with Gasteiger partial charge in [-0.1, -0.05) is 18.2 Å². The molecular weight excluding hydrogens is 409 g/mol. The van der Waals surface area contributed by atoms with Gasteiger partial charge in [0, 0.05) is 19.1 Å². The molecule has 4 rings (SSSR count). The third-order valence-corrected chi connectivity index (χ3v) is 5.33. The van der Waals surface area contributed by atoms with Gasteiger partial charge in [-0.05, 0) is 49.6 Å². The average molecular weight is 430 g/mol. The maximum atomic E-state index is 13.1. The van der Waals surface area contributed by atoms with Crippen molar-refractivity contribution >= 4 is 22.5 Å². The Morgan fingerprint density at radius 3 is 2.68 bits per heavy atom. The lowest BCUT2D eigenvalue weighted by Crippen LogP contribution is -2.16. The van der Waals surface area contributed by atoms with Gasteiger partial charge in [0.2, 0.25) is 5.71 Å². The first-order valence-electron chi connectivity index (χ1n) is 9.81. The summed E-state index contributed by atoms with van der Waals surface area (Å²) in [6.07, 6.45) is -2.50. The number of aromatic nitrogens is 2. The number of alkyl halides is 3. The molecule has 0 radical (unpaired) electrons. The highest BCUT2D eigenvalue weighted by atomic mass is 19.4. The van der Waals surface area contributed by atoms with Gasteiger partial charge < -0.3 is 15.1 Å². The lowest BCUT2D eigenvalue weighted by atomic mass is 10.0. The lowest BCUT2D eigenvalue weighted by molar-refractivity contribution is -0.137. The highest BCUT2D eigenvalue weighted by Crippen LogP contribution is 2.33. The smallest absolute Gasteiger partial charge is 0.403 e. The van der Waals surface area contributed by atoms with Crippen molar-refractivity contribution in [2.75, 3.05) is 18.4 Å². The fourth-order valence-electron chi connectivity index (χ4n) is 3.79. The van der Waals surface area contributed by atoms with Crippen LogP contribution in [0.25, 0.3) is 16.7 Å². The van der Waals surface area contributed by atoms with Crippen LogP contribution in [0.1, 0.15) is 41.0 Å². The summed E-state index contributed by atoms with van der Waals surface area (Å²) >= 11 is 0. The molecule has 3 heterocycles. The summed E-state index contributed by atoms with van der Waals surface area (Å²) in [5, 5.41) is 6.87. The van der Waals surface area contributed by atoms with Crippen LogP contribution in [0.3, 0.4) is 0 Å². The summed E-state index contributed by atoms with van der Waals surface area (Å²) in [4.78, 5) is 21.3. The highest BCUT2D eigenvalue weighted by molar-refractivity contribution is 5.92. The van der Waals surface area contributed by atoms with E-state index in [-0.39, 0.29) is 5.71 Å². The molecule has 0 amide bonds. The van der Waals surface area contributed by atoms with Gasteiger partial charge >= 0.3 is 11.8 Å². The van der Waals surface area contributed by atoms with Crippen LogP contribution in [0.2, 0.25) is 0 Å². The molecule has 1 atom stereocenters. The van der Waals surface area contributed by atoms with Crippen LogP contribution in [0.15, 0.2) is 39.6 Å². The SMILES string of the molecule is Cc1nc(N[C@H](C)c2cccc(C(F)(F)F)c2)c2c(C)c(C3=CCNC3)c(=O)oc2n1. The van der Waals surface area contributed by atoms with Crippen LogP contribution in [0, 0.1) is 13.8 Å². The first-order chi connectivity index (χ1) is 14.6. The first-order valence-corrected chi connectivity index (χ1v) is 9.81. The second-order valence-corrected chi connectivity index (χ2v) is 7.54. The second kappa shape index (κ2) is 7.81. The van der Waals surface area contributed by atoms with E-state index in [2.05, 4.69) is 20.6 Å². The van der Waals surface area contributed by atoms with Gasteiger partial charge in [0.15, 0.2) is 0 Å². The number of anilines is 1. The zero-order valence-electron chi connectivity index (χ0n) is 17.2. The molecule has 0 bridgehead atoms. The van der Waals surface area contributed by atoms with Crippen LogP contribution < -0.4 is 16.3 Å². The van der Waals surface area contributed by atoms with Crippen LogP contribution in [0.5, 0.6) is 0 Å². The van der Waals surface area contributed by atoms with Crippen LogP contribution in [-0.2, 0) is 6.18 Å². The molecule has 2 N–H and O–H groups in total. The van der Waals surface area contributed by atoms with E-state index in [1.807, 2.05) is 6.08 Å². The summed E-state index contributed by atoms with van der Waals surface area (Å²) in [7, 11) is 0. The average Bonchev–Trinajstić information content (AvgIpc) is 3.21. The molecule has 0 saturated carbocycles. The molecule has 0 spiro atoms. The third-order valence-electron chi connectivity index (χ3n) is 5.33. The minimum absolute atomic E-state index is 0.143. The molecule has 0 aliphatic carbocycles. The van der Waals surface area contributed by atoms with Crippen LogP contribution >= 0.6 is 0 Å². The highest BCUT2D eigenvalue weighted by Gasteiger charge is 2.31. The Morgan fingerprint density at radius 2 is 2.00 bits per heavy atom. The molecule has 1 aromatic carbocycles. The first kappa shape index (κ1) is 21.0. The van der Waals surface area contributed by atoms with E-state index in [0.29, 0.717) is 46.8 Å². The molecule has 0 unspecified atom stereocenters. The number of nitrogens with one attached hydrogen (secondary N) is 2. The van der Waals surface area contributed by atoms with Crippen molar-refractivity contribution in [2.24, 2.45) is 0 Å². The molecule has 3 aromatic rings. The Balaban J connectivity index is 1.80. The standard InChI is InChI=1S/C22H21F3N4O2/c1-11-17(15-7-8-26-10-15)21(30)31-20-18(11)19(28-13(3)29-20)27-12(2)14-5-4-6-16(9-14)22(23,24)25/h4-7,9,12,26H,8,10H2,1-3H3,(H,27,28,29)/t12-/m1/s1. The number of halogens is 3. The van der Waals surface area contributed by atoms with E-state index >= 15 is 0 Å². The Labute approximate surface area is 176 Å². The van der Waals surface area contributed by atoms with Gasteiger partial charge in [-0.25, -0.2) is 9.78 Å². The van der Waals surface area contributed by atoms with Gasteiger partial charge in [-0.2, -0.15) is 18.2 Å². The predicted molar refractivity (Wildman–Crippen MR) is 112 cm³/mol. The largest absolute Gasteiger partial charge is 0.416 e. The van der Waals surface area contributed by atoms with Gasteiger partial charge in [-0.15, -0.1) is 0 Å². The topological polar surface area (TPSA) is 80.0 Å². The molecule has 1 aliphatic rings. The second-order valence-electron chi connectivity index (χ2n) is 7.54. The molecule has 162 valence electrons. The molecule has 2 aromatic heterocycles. The van der Waals surface area contributed by atoms with Crippen molar-refractivity contribution < 1.29 is 17.6 Å². The van der Waals surface area contributed by atoms with Crippen molar-refractivity contribution in [3.8, 4) is 0 Å². The van der Waals surface area contributed by atoms with Crippen molar-refractivity contribution in [1.82, 2.24) is 15.3 Å². The van der Waals surface area contributed by atoms with E-state index in [1.54, 1.807) is 26.8 Å². The summed E-state index contributed by atoms with van der Waals surface area (Å²) in [5.74, 6) is 0.782. The third kappa shape index (κ3) is 4.05. The van der Waals surface area contributed by atoms with E-state index < -0.39 is 23.4 Å². The number of hydrogen-bond acceptors (Lipinski definition) is 6. The van der Waals surface area contributed by atoms with Gasteiger partial charge in [0.1, 0.15) is 11.6 Å². The fourth-order valence-corrected chi connectivity index (χ4v) is 3.79. The molecule has 9 heteroatoms. The quantitative estimate of drug-likeness (QED) is 0.640. The number of rotatable bonds is 4. The molecule has 0 saturated heterocycles. The van der Waals surface area contributed by atoms with Crippen molar-refractivity contribution in [1.29, 1.82) is 0 Å². The number of benzene rings is 1. The normalized spacial score (nSPS) is 15.2. The van der Waals surface area contributed by atoms with Gasteiger partial charge in [0.05, 0.1) is 16.5 Å². The maximum Gasteiger partial charge on any atom is 0.416 e. The zero-order chi connectivity index (χ0) is 22.3. The minimum atomic E-state index is -4.42. The molecule has 6 nitrogen and oxygen atoms in total. The van der Waals surface area contributed by atoms with E-state index in [0.717, 1.165) is 17.7 Å². The number of hydrogen-bond donors (Lipinski definition) is 2. The van der Waals surface area contributed by atoms with Crippen LogP contribution in [0.4, 0.5) is 19.0 Å². The van der Waals surface area contributed by atoms with E-state index in [4.69, 9.17) is 4.42 Å². The van der Waals surface area contributed by atoms with E-state index in [9.17, 15) is 18.0 Å². The Kier molecular flexibility index (Phi) is 5.30. The maximum absolute atomic E-state index is 13.1. The minimum Gasteiger partial charge on any atom is -0.403 e. The van der Waals surface area contributed by atoms with Crippen molar-refractivity contribution in [3.63, 3.8) is 0 Å². The van der Waals surface area contributed by atoms with Gasteiger partial charge in [0.25, 0.3) is 0 Å². The molecule has 0 fully saturated rings. The lowest BCUT2D eigenvalue weighted by Gasteiger charge is -2.19. The summed E-state index contributed by atoms with van der Waals surface area (Å²) < 4.78 is 44.8. The Morgan fingerprint density at radius 1 is 1.23 bits per heavy atom. The molecule has 1 aliphatic heterocycles. The van der Waals surface area contributed by atoms with Crippen molar-refractivity contribution in [3.05, 3.63) is 68.8 Å². The predicted octanol–water partition coefficient (Wildman–Crippen LogP) is 4.38. The molecule has 31 heavy (non-hydrogen) atoms. The molecular formula is C22H21F3N4O2. The number of fused-ring (bicyclic) bond motifs is 1. The van der Waals surface area contributed by atoms with Gasteiger partial charge in [-0.3, -0.25) is 0 Å². The zero-order valence-corrected chi connectivity index (χ0v) is 17.2. The van der Waals surface area contributed by atoms with E-state index in [1.165, 1.54) is 6.07 Å². The number of aryl methyl sites for hydroxylation is 2. The Bertz CT molecular complexity index is 1250.